The predicted molar refractivity (Wildman–Crippen MR) is 57.0 cm³/mol. The summed E-state index contributed by atoms with van der Waals surface area (Å²) in [6.07, 6.45) is 1.37. The molecule has 15 heavy (non-hydrogen) atoms. The molecule has 2 N–H and O–H groups in total. The molecule has 0 aliphatic carbocycles. The zero-order valence-corrected chi connectivity index (χ0v) is 8.60. The first-order valence-electron chi connectivity index (χ1n) is 4.70. The van der Waals surface area contributed by atoms with E-state index in [1.165, 1.54) is 13.2 Å². The molecule has 0 aliphatic heterocycles. The van der Waals surface area contributed by atoms with Crippen LogP contribution in [0.2, 0.25) is 0 Å². The molecule has 0 radical (unpaired) electrons. The van der Waals surface area contributed by atoms with E-state index >= 15 is 0 Å². The average Bonchev–Trinajstić information content (AvgIpc) is 2.26. The molecule has 0 heterocycles. The normalized spacial score (nSPS) is 10.0. The lowest BCUT2D eigenvalue weighted by Gasteiger charge is -2.04. The zero-order valence-electron chi connectivity index (χ0n) is 8.60. The summed E-state index contributed by atoms with van der Waals surface area (Å²) in [7, 11) is 1.48. The quantitative estimate of drug-likeness (QED) is 0.590. The number of hydrogen-bond acceptors (Lipinski definition) is 4. The summed E-state index contributed by atoms with van der Waals surface area (Å²) >= 11 is 0. The standard InChI is InChI=1S/C10H14N2O3/c1-15-9-5-4-8(3-2-6-11)10(7-9)12(13)14/h4-5,7H,2-3,6,11H2,1H3. The van der Waals surface area contributed by atoms with Crippen molar-refractivity contribution in [1.82, 2.24) is 0 Å². The summed E-state index contributed by atoms with van der Waals surface area (Å²) in [5.74, 6) is 0.498. The number of benzene rings is 1. The third-order valence-electron chi connectivity index (χ3n) is 2.14. The second-order valence-electron chi connectivity index (χ2n) is 3.14. The van der Waals surface area contributed by atoms with Gasteiger partial charge in [0, 0.05) is 5.56 Å². The van der Waals surface area contributed by atoms with E-state index in [9.17, 15) is 10.1 Å². The summed E-state index contributed by atoms with van der Waals surface area (Å²) in [5.41, 5.74) is 6.16. The number of methoxy groups -OCH3 is 1. The van der Waals surface area contributed by atoms with Gasteiger partial charge in [0.05, 0.1) is 18.1 Å². The summed E-state index contributed by atoms with van der Waals surface area (Å²) < 4.78 is 4.94. The fourth-order valence-electron chi connectivity index (χ4n) is 1.34. The van der Waals surface area contributed by atoms with Crippen LogP contribution in [0.1, 0.15) is 12.0 Å². The van der Waals surface area contributed by atoms with Crippen LogP contribution < -0.4 is 10.5 Å². The van der Waals surface area contributed by atoms with E-state index in [4.69, 9.17) is 10.5 Å². The Hall–Kier alpha value is -1.62. The molecule has 82 valence electrons. The molecule has 0 saturated carbocycles. The Morgan fingerprint density at radius 2 is 2.27 bits per heavy atom. The first kappa shape index (κ1) is 11.5. The van der Waals surface area contributed by atoms with Crippen LogP contribution in [-0.4, -0.2) is 18.6 Å². The number of aryl methyl sites for hydroxylation is 1. The van der Waals surface area contributed by atoms with Crippen LogP contribution in [0.3, 0.4) is 0 Å². The molecule has 5 heteroatoms. The number of rotatable bonds is 5. The third-order valence-corrected chi connectivity index (χ3v) is 2.14. The molecule has 0 aliphatic rings. The highest BCUT2D eigenvalue weighted by Crippen LogP contribution is 2.25. The number of nitrogens with zero attached hydrogens (tertiary/aromatic N) is 1. The summed E-state index contributed by atoms with van der Waals surface area (Å²) in [6, 6.07) is 4.87. The molecule has 1 aromatic rings. The SMILES string of the molecule is COc1ccc(CCCN)c([N+](=O)[O-])c1. The monoisotopic (exact) mass is 210 g/mol. The smallest absolute Gasteiger partial charge is 0.276 e. The second kappa shape index (κ2) is 5.31. The highest BCUT2D eigenvalue weighted by atomic mass is 16.6. The molecule has 5 nitrogen and oxygen atoms in total. The van der Waals surface area contributed by atoms with Crippen LogP contribution in [0.25, 0.3) is 0 Å². The van der Waals surface area contributed by atoms with E-state index < -0.39 is 4.92 Å². The minimum atomic E-state index is -0.394. The average molecular weight is 210 g/mol. The molecular weight excluding hydrogens is 196 g/mol. The van der Waals surface area contributed by atoms with Gasteiger partial charge in [0.15, 0.2) is 0 Å². The molecule has 0 fully saturated rings. The molecule has 0 saturated heterocycles. The Morgan fingerprint density at radius 1 is 1.53 bits per heavy atom. The molecule has 0 spiro atoms. The van der Waals surface area contributed by atoms with Gasteiger partial charge in [-0.3, -0.25) is 10.1 Å². The van der Waals surface area contributed by atoms with E-state index in [-0.39, 0.29) is 5.69 Å². The number of nitro groups is 1. The first-order chi connectivity index (χ1) is 7.19. The Bertz CT molecular complexity index is 353. The van der Waals surface area contributed by atoms with Gasteiger partial charge in [-0.25, -0.2) is 0 Å². The molecular formula is C10H14N2O3. The van der Waals surface area contributed by atoms with Crippen LogP contribution in [0, 0.1) is 10.1 Å². The molecule has 0 aromatic heterocycles. The van der Waals surface area contributed by atoms with E-state index in [2.05, 4.69) is 0 Å². The van der Waals surface area contributed by atoms with Gasteiger partial charge in [0.25, 0.3) is 5.69 Å². The zero-order chi connectivity index (χ0) is 11.3. The number of nitrogens with two attached hydrogens (primary N) is 1. The lowest BCUT2D eigenvalue weighted by Crippen LogP contribution is -2.02. The van der Waals surface area contributed by atoms with Crippen molar-refractivity contribution in [2.75, 3.05) is 13.7 Å². The molecule has 0 unspecified atom stereocenters. The maximum absolute atomic E-state index is 10.8. The van der Waals surface area contributed by atoms with Crippen molar-refractivity contribution in [3.05, 3.63) is 33.9 Å². The lowest BCUT2D eigenvalue weighted by atomic mass is 10.1. The van der Waals surface area contributed by atoms with Gasteiger partial charge >= 0.3 is 0 Å². The lowest BCUT2D eigenvalue weighted by molar-refractivity contribution is -0.385. The van der Waals surface area contributed by atoms with Crippen LogP contribution in [0.4, 0.5) is 5.69 Å². The van der Waals surface area contributed by atoms with Gasteiger partial charge in [-0.1, -0.05) is 0 Å². The van der Waals surface area contributed by atoms with Gasteiger partial charge in [0.1, 0.15) is 5.75 Å². The van der Waals surface area contributed by atoms with Crippen molar-refractivity contribution in [2.24, 2.45) is 5.73 Å². The van der Waals surface area contributed by atoms with Crippen LogP contribution in [0.5, 0.6) is 5.75 Å². The molecule has 1 aromatic carbocycles. The maximum atomic E-state index is 10.8. The van der Waals surface area contributed by atoms with E-state index in [1.807, 2.05) is 0 Å². The van der Waals surface area contributed by atoms with E-state index in [0.29, 0.717) is 24.3 Å². The van der Waals surface area contributed by atoms with Gasteiger partial charge in [-0.15, -0.1) is 0 Å². The van der Waals surface area contributed by atoms with Crippen LogP contribution in [-0.2, 0) is 6.42 Å². The Balaban J connectivity index is 2.98. The second-order valence-corrected chi connectivity index (χ2v) is 3.14. The summed E-state index contributed by atoms with van der Waals surface area (Å²) in [4.78, 5) is 10.4. The topological polar surface area (TPSA) is 78.4 Å². The van der Waals surface area contributed by atoms with Crippen molar-refractivity contribution >= 4 is 5.69 Å². The fourth-order valence-corrected chi connectivity index (χ4v) is 1.34. The minimum Gasteiger partial charge on any atom is -0.497 e. The Labute approximate surface area is 88.0 Å². The fraction of sp³-hybridized carbons (Fsp3) is 0.400. The molecule has 0 bridgehead atoms. The Morgan fingerprint density at radius 3 is 2.80 bits per heavy atom. The highest BCUT2D eigenvalue weighted by Gasteiger charge is 2.14. The maximum Gasteiger partial charge on any atom is 0.276 e. The molecule has 1 rings (SSSR count). The van der Waals surface area contributed by atoms with E-state index in [1.54, 1.807) is 12.1 Å². The van der Waals surface area contributed by atoms with Crippen LogP contribution in [0.15, 0.2) is 18.2 Å². The van der Waals surface area contributed by atoms with Gasteiger partial charge in [0.2, 0.25) is 0 Å². The van der Waals surface area contributed by atoms with Crippen molar-refractivity contribution < 1.29 is 9.66 Å². The number of nitro benzene ring substituents is 1. The predicted octanol–water partition coefficient (Wildman–Crippen LogP) is 1.49. The number of hydrogen-bond donors (Lipinski definition) is 1. The van der Waals surface area contributed by atoms with Crippen molar-refractivity contribution in [2.45, 2.75) is 12.8 Å². The molecule has 0 amide bonds. The van der Waals surface area contributed by atoms with Gasteiger partial charge in [-0.2, -0.15) is 0 Å². The highest BCUT2D eigenvalue weighted by molar-refractivity contribution is 5.46. The largest absolute Gasteiger partial charge is 0.497 e. The van der Waals surface area contributed by atoms with Crippen molar-refractivity contribution in [3.63, 3.8) is 0 Å². The number of ether oxygens (including phenoxy) is 1. The third kappa shape index (κ3) is 2.92. The summed E-state index contributed by atoms with van der Waals surface area (Å²) in [6.45, 7) is 0.531. The minimum absolute atomic E-state index is 0.0998. The summed E-state index contributed by atoms with van der Waals surface area (Å²) in [5, 5.41) is 10.8. The first-order valence-corrected chi connectivity index (χ1v) is 4.70. The van der Waals surface area contributed by atoms with Crippen molar-refractivity contribution in [1.29, 1.82) is 0 Å². The van der Waals surface area contributed by atoms with Gasteiger partial charge in [-0.05, 0) is 31.5 Å². The Kier molecular flexibility index (Phi) is 4.05. The van der Waals surface area contributed by atoms with Crippen molar-refractivity contribution in [3.8, 4) is 5.75 Å². The molecule has 0 atom stereocenters. The van der Waals surface area contributed by atoms with Gasteiger partial charge < -0.3 is 10.5 Å². The van der Waals surface area contributed by atoms with E-state index in [0.717, 1.165) is 6.42 Å². The van der Waals surface area contributed by atoms with Crippen LogP contribution >= 0.6 is 0 Å².